The van der Waals surface area contributed by atoms with Crippen molar-refractivity contribution < 1.29 is 21.6 Å². The Hall–Kier alpha value is -1.16. The number of rotatable bonds is 4. The first-order chi connectivity index (χ1) is 10.1. The van der Waals surface area contributed by atoms with Crippen LogP contribution in [0.5, 0.6) is 5.75 Å². The summed E-state index contributed by atoms with van der Waals surface area (Å²) in [5.74, 6) is 0.152. The molecule has 1 aliphatic heterocycles. The van der Waals surface area contributed by atoms with E-state index in [9.17, 15) is 16.8 Å². The zero-order chi connectivity index (χ0) is 16.7. The summed E-state index contributed by atoms with van der Waals surface area (Å²) in [6, 6.07) is 3.57. The van der Waals surface area contributed by atoms with Gasteiger partial charge in [0.25, 0.3) is 0 Å². The van der Waals surface area contributed by atoms with Crippen molar-refractivity contribution in [3.8, 4) is 5.75 Å². The third-order valence-corrected chi connectivity index (χ3v) is 6.78. The molecule has 1 aromatic rings. The summed E-state index contributed by atoms with van der Waals surface area (Å²) in [4.78, 5) is -0.220. The van der Waals surface area contributed by atoms with Crippen molar-refractivity contribution in [3.05, 3.63) is 18.2 Å². The second-order valence-electron chi connectivity index (χ2n) is 5.55. The standard InChI is InChI=1S/C13H20N2O5S2/c1-9-7-15(8-11(9)14)22(18,19)13-6-10(21(3,16)17)4-5-12(13)20-2/h4-6,9,11H,7-8,14H2,1-3H3. The van der Waals surface area contributed by atoms with Gasteiger partial charge in [-0.25, -0.2) is 16.8 Å². The van der Waals surface area contributed by atoms with Crippen LogP contribution >= 0.6 is 0 Å². The Morgan fingerprint density at radius 3 is 2.32 bits per heavy atom. The van der Waals surface area contributed by atoms with Crippen LogP contribution in [0, 0.1) is 5.92 Å². The molecule has 9 heteroatoms. The summed E-state index contributed by atoms with van der Waals surface area (Å²) in [5, 5.41) is 0. The minimum absolute atomic E-state index is 0.0406. The van der Waals surface area contributed by atoms with Crippen LogP contribution in [-0.4, -0.2) is 53.6 Å². The second kappa shape index (κ2) is 5.80. The zero-order valence-electron chi connectivity index (χ0n) is 12.7. The van der Waals surface area contributed by atoms with Gasteiger partial charge in [-0.15, -0.1) is 0 Å². The van der Waals surface area contributed by atoms with E-state index in [1.165, 1.54) is 23.5 Å². The van der Waals surface area contributed by atoms with Crippen LogP contribution in [0.1, 0.15) is 6.92 Å². The van der Waals surface area contributed by atoms with Crippen molar-refractivity contribution in [3.63, 3.8) is 0 Å². The van der Waals surface area contributed by atoms with Gasteiger partial charge in [0.2, 0.25) is 10.0 Å². The van der Waals surface area contributed by atoms with Gasteiger partial charge in [0.05, 0.1) is 12.0 Å². The average molecular weight is 348 g/mol. The van der Waals surface area contributed by atoms with Gasteiger partial charge in [0.15, 0.2) is 9.84 Å². The third kappa shape index (κ3) is 3.12. The molecule has 22 heavy (non-hydrogen) atoms. The van der Waals surface area contributed by atoms with Gasteiger partial charge >= 0.3 is 0 Å². The molecule has 2 unspecified atom stereocenters. The molecular formula is C13H20N2O5S2. The maximum absolute atomic E-state index is 12.8. The van der Waals surface area contributed by atoms with Crippen LogP contribution < -0.4 is 10.5 Å². The van der Waals surface area contributed by atoms with Gasteiger partial charge in [-0.3, -0.25) is 0 Å². The molecule has 2 N–H and O–H groups in total. The molecular weight excluding hydrogens is 328 g/mol. The van der Waals surface area contributed by atoms with Crippen molar-refractivity contribution in [2.24, 2.45) is 11.7 Å². The Balaban J connectivity index is 2.55. The molecule has 0 saturated carbocycles. The Morgan fingerprint density at radius 1 is 1.23 bits per heavy atom. The fraction of sp³-hybridized carbons (Fsp3) is 0.538. The summed E-state index contributed by atoms with van der Waals surface area (Å²) in [6.07, 6.45) is 1.03. The second-order valence-corrected chi connectivity index (χ2v) is 9.47. The first kappa shape index (κ1) is 17.2. The van der Waals surface area contributed by atoms with Crippen LogP contribution in [-0.2, 0) is 19.9 Å². The number of ether oxygens (including phenoxy) is 1. The summed E-state index contributed by atoms with van der Waals surface area (Å²) >= 11 is 0. The summed E-state index contributed by atoms with van der Waals surface area (Å²) in [5.41, 5.74) is 5.88. The van der Waals surface area contributed by atoms with Gasteiger partial charge in [0, 0.05) is 25.4 Å². The van der Waals surface area contributed by atoms with E-state index in [2.05, 4.69) is 0 Å². The molecule has 1 aromatic carbocycles. The largest absolute Gasteiger partial charge is 0.495 e. The molecule has 7 nitrogen and oxygen atoms in total. The molecule has 0 bridgehead atoms. The van der Waals surface area contributed by atoms with Crippen LogP contribution in [0.2, 0.25) is 0 Å². The van der Waals surface area contributed by atoms with Gasteiger partial charge in [-0.1, -0.05) is 6.92 Å². The third-order valence-electron chi connectivity index (χ3n) is 3.82. The molecule has 0 amide bonds. The highest BCUT2D eigenvalue weighted by Gasteiger charge is 2.37. The number of hydrogen-bond donors (Lipinski definition) is 1. The van der Waals surface area contributed by atoms with Gasteiger partial charge in [-0.2, -0.15) is 4.31 Å². The van der Waals surface area contributed by atoms with Crippen molar-refractivity contribution in [2.45, 2.75) is 22.8 Å². The van der Waals surface area contributed by atoms with E-state index in [0.717, 1.165) is 12.3 Å². The van der Waals surface area contributed by atoms with Gasteiger partial charge < -0.3 is 10.5 Å². The highest BCUT2D eigenvalue weighted by atomic mass is 32.2. The van der Waals surface area contributed by atoms with E-state index in [4.69, 9.17) is 10.5 Å². The predicted octanol–water partition coefficient (Wildman–Crippen LogP) is 0.0664. The number of hydrogen-bond acceptors (Lipinski definition) is 6. The van der Waals surface area contributed by atoms with E-state index in [1.807, 2.05) is 6.92 Å². The molecule has 2 rings (SSSR count). The lowest BCUT2D eigenvalue weighted by Gasteiger charge is -2.18. The molecule has 1 fully saturated rings. The number of sulfonamides is 1. The highest BCUT2D eigenvalue weighted by molar-refractivity contribution is 7.91. The average Bonchev–Trinajstić information content (AvgIpc) is 2.77. The molecule has 2 atom stereocenters. The Kier molecular flexibility index (Phi) is 4.54. The van der Waals surface area contributed by atoms with Crippen LogP contribution in [0.15, 0.2) is 28.0 Å². The molecule has 0 radical (unpaired) electrons. The SMILES string of the molecule is COc1ccc(S(C)(=O)=O)cc1S(=O)(=O)N1CC(C)C(N)C1. The molecule has 1 aliphatic rings. The summed E-state index contributed by atoms with van der Waals surface area (Å²) < 4.78 is 55.2. The maximum Gasteiger partial charge on any atom is 0.246 e. The summed E-state index contributed by atoms with van der Waals surface area (Å²) in [7, 11) is -6.04. The molecule has 1 heterocycles. The van der Waals surface area contributed by atoms with Crippen molar-refractivity contribution in [1.29, 1.82) is 0 Å². The molecule has 0 aliphatic carbocycles. The number of nitrogens with two attached hydrogens (primary N) is 1. The van der Waals surface area contributed by atoms with Crippen molar-refractivity contribution >= 4 is 19.9 Å². The van der Waals surface area contributed by atoms with Crippen molar-refractivity contribution in [2.75, 3.05) is 26.5 Å². The fourth-order valence-electron chi connectivity index (χ4n) is 2.37. The summed E-state index contributed by atoms with van der Waals surface area (Å²) in [6.45, 7) is 2.38. The lowest BCUT2D eigenvalue weighted by molar-refractivity contribution is 0.397. The molecule has 124 valence electrons. The quantitative estimate of drug-likeness (QED) is 0.825. The van der Waals surface area contributed by atoms with E-state index in [-0.39, 0.29) is 34.0 Å². The van der Waals surface area contributed by atoms with E-state index in [1.54, 1.807) is 0 Å². The number of sulfone groups is 1. The lowest BCUT2D eigenvalue weighted by atomic mass is 10.1. The normalized spacial score (nSPS) is 23.6. The zero-order valence-corrected chi connectivity index (χ0v) is 14.3. The Labute approximate surface area is 131 Å². The minimum atomic E-state index is -3.87. The Bertz CT molecular complexity index is 764. The molecule has 0 spiro atoms. The Morgan fingerprint density at radius 2 is 1.86 bits per heavy atom. The monoisotopic (exact) mass is 348 g/mol. The first-order valence-electron chi connectivity index (χ1n) is 6.71. The maximum atomic E-state index is 12.8. The highest BCUT2D eigenvalue weighted by Crippen LogP contribution is 2.31. The molecule has 0 aromatic heterocycles. The smallest absolute Gasteiger partial charge is 0.246 e. The van der Waals surface area contributed by atoms with Crippen LogP contribution in [0.25, 0.3) is 0 Å². The molecule has 1 saturated heterocycles. The van der Waals surface area contributed by atoms with E-state index >= 15 is 0 Å². The number of nitrogens with zero attached hydrogens (tertiary/aromatic N) is 1. The van der Waals surface area contributed by atoms with Gasteiger partial charge in [-0.05, 0) is 24.1 Å². The van der Waals surface area contributed by atoms with Crippen LogP contribution in [0.4, 0.5) is 0 Å². The van der Waals surface area contributed by atoms with E-state index < -0.39 is 19.9 Å². The van der Waals surface area contributed by atoms with Gasteiger partial charge in [0.1, 0.15) is 10.6 Å². The van der Waals surface area contributed by atoms with Crippen molar-refractivity contribution in [1.82, 2.24) is 4.31 Å². The predicted molar refractivity (Wildman–Crippen MR) is 82.0 cm³/mol. The minimum Gasteiger partial charge on any atom is -0.495 e. The van der Waals surface area contributed by atoms with Crippen LogP contribution in [0.3, 0.4) is 0 Å². The fourth-order valence-corrected chi connectivity index (χ4v) is 4.85. The number of methoxy groups -OCH3 is 1. The topological polar surface area (TPSA) is 107 Å². The van der Waals surface area contributed by atoms with E-state index in [0.29, 0.717) is 6.54 Å². The number of benzene rings is 1. The first-order valence-corrected chi connectivity index (χ1v) is 10.0. The lowest BCUT2D eigenvalue weighted by Crippen LogP contribution is -2.32.